The van der Waals surface area contributed by atoms with Crippen molar-refractivity contribution in [2.24, 2.45) is 5.73 Å². The first kappa shape index (κ1) is 10.0. The number of benzene rings is 1. The Labute approximate surface area is 78.1 Å². The first-order valence-corrected chi connectivity index (χ1v) is 4.22. The molecular formula is C10H15NO2. The van der Waals surface area contributed by atoms with Crippen LogP contribution in [-0.2, 0) is 0 Å². The van der Waals surface area contributed by atoms with E-state index in [9.17, 15) is 5.11 Å². The minimum absolute atomic E-state index is 0.352. The summed E-state index contributed by atoms with van der Waals surface area (Å²) in [4.78, 5) is 0. The van der Waals surface area contributed by atoms with Gasteiger partial charge in [0, 0.05) is 0 Å². The Kier molecular flexibility index (Phi) is 3.28. The fourth-order valence-corrected chi connectivity index (χ4v) is 1.13. The number of aliphatic hydroxyl groups excluding tert-OH is 1. The summed E-state index contributed by atoms with van der Waals surface area (Å²) in [7, 11) is 1.60. The molecule has 72 valence electrons. The van der Waals surface area contributed by atoms with Gasteiger partial charge < -0.3 is 15.6 Å². The molecule has 2 atom stereocenters. The van der Waals surface area contributed by atoms with Crippen molar-refractivity contribution in [2.45, 2.75) is 19.1 Å². The van der Waals surface area contributed by atoms with Gasteiger partial charge in [0.1, 0.15) is 5.75 Å². The van der Waals surface area contributed by atoms with Crippen LogP contribution < -0.4 is 10.5 Å². The van der Waals surface area contributed by atoms with E-state index in [1.807, 2.05) is 24.3 Å². The maximum atomic E-state index is 9.27. The first-order valence-electron chi connectivity index (χ1n) is 4.22. The summed E-state index contributed by atoms with van der Waals surface area (Å²) in [5.74, 6) is 0.758. The van der Waals surface area contributed by atoms with Crippen LogP contribution in [0.5, 0.6) is 5.75 Å². The molecule has 0 saturated heterocycles. The van der Waals surface area contributed by atoms with Crippen molar-refractivity contribution in [3.8, 4) is 5.75 Å². The van der Waals surface area contributed by atoms with Crippen LogP contribution in [0.15, 0.2) is 24.3 Å². The Morgan fingerprint density at radius 1 is 1.46 bits per heavy atom. The summed E-state index contributed by atoms with van der Waals surface area (Å²) in [6, 6.07) is 7.06. The molecule has 3 nitrogen and oxygen atoms in total. The minimum atomic E-state index is -0.549. The number of hydrogen-bond donors (Lipinski definition) is 2. The minimum Gasteiger partial charge on any atom is -0.497 e. The second kappa shape index (κ2) is 4.25. The van der Waals surface area contributed by atoms with Gasteiger partial charge in [-0.3, -0.25) is 0 Å². The molecule has 1 aromatic rings. The maximum absolute atomic E-state index is 9.27. The molecule has 0 radical (unpaired) electrons. The summed E-state index contributed by atoms with van der Waals surface area (Å²) >= 11 is 0. The van der Waals surface area contributed by atoms with Gasteiger partial charge in [-0.15, -0.1) is 0 Å². The van der Waals surface area contributed by atoms with E-state index in [0.717, 1.165) is 11.3 Å². The van der Waals surface area contributed by atoms with Crippen LogP contribution in [-0.4, -0.2) is 18.3 Å². The van der Waals surface area contributed by atoms with Gasteiger partial charge in [-0.25, -0.2) is 0 Å². The number of methoxy groups -OCH3 is 1. The number of hydrogen-bond acceptors (Lipinski definition) is 3. The predicted molar refractivity (Wildman–Crippen MR) is 51.6 cm³/mol. The molecule has 0 saturated carbocycles. The van der Waals surface area contributed by atoms with E-state index in [2.05, 4.69) is 0 Å². The molecule has 3 N–H and O–H groups in total. The zero-order valence-corrected chi connectivity index (χ0v) is 7.90. The molecular weight excluding hydrogens is 166 g/mol. The Morgan fingerprint density at radius 2 is 2.15 bits per heavy atom. The van der Waals surface area contributed by atoms with Crippen LogP contribution in [0.4, 0.5) is 0 Å². The zero-order chi connectivity index (χ0) is 9.84. The number of nitrogens with two attached hydrogens (primary N) is 1. The molecule has 0 aliphatic carbocycles. The summed E-state index contributed by atoms with van der Waals surface area (Å²) in [6.45, 7) is 1.67. The SMILES string of the molecule is COc1cccc([C@@H](N)C(C)O)c1. The molecule has 1 unspecified atom stereocenters. The highest BCUT2D eigenvalue weighted by Crippen LogP contribution is 2.19. The summed E-state index contributed by atoms with van der Waals surface area (Å²) in [6.07, 6.45) is -0.549. The predicted octanol–water partition coefficient (Wildman–Crippen LogP) is 1.08. The second-order valence-corrected chi connectivity index (χ2v) is 3.04. The van der Waals surface area contributed by atoms with Crippen molar-refractivity contribution >= 4 is 0 Å². The monoisotopic (exact) mass is 181 g/mol. The fourth-order valence-electron chi connectivity index (χ4n) is 1.13. The van der Waals surface area contributed by atoms with Crippen molar-refractivity contribution < 1.29 is 9.84 Å². The lowest BCUT2D eigenvalue weighted by molar-refractivity contribution is 0.164. The highest BCUT2D eigenvalue weighted by Gasteiger charge is 2.11. The largest absolute Gasteiger partial charge is 0.497 e. The highest BCUT2D eigenvalue weighted by molar-refractivity contribution is 5.30. The van der Waals surface area contributed by atoms with Crippen LogP contribution >= 0.6 is 0 Å². The van der Waals surface area contributed by atoms with E-state index in [0.29, 0.717) is 0 Å². The molecule has 0 aliphatic heterocycles. The molecule has 0 aromatic heterocycles. The molecule has 0 spiro atoms. The number of ether oxygens (including phenoxy) is 1. The number of rotatable bonds is 3. The van der Waals surface area contributed by atoms with Crippen molar-refractivity contribution in [1.82, 2.24) is 0 Å². The van der Waals surface area contributed by atoms with Crippen LogP contribution in [0.1, 0.15) is 18.5 Å². The molecule has 0 fully saturated rings. The zero-order valence-electron chi connectivity index (χ0n) is 7.90. The van der Waals surface area contributed by atoms with E-state index >= 15 is 0 Å². The van der Waals surface area contributed by atoms with E-state index < -0.39 is 6.10 Å². The summed E-state index contributed by atoms with van der Waals surface area (Å²) in [5, 5.41) is 9.27. The molecule has 0 heterocycles. The standard InChI is InChI=1S/C10H15NO2/c1-7(12)10(11)8-4-3-5-9(6-8)13-2/h3-7,10,12H,11H2,1-2H3/t7?,10-/m0/s1. The van der Waals surface area contributed by atoms with Crippen LogP contribution in [0.25, 0.3) is 0 Å². The lowest BCUT2D eigenvalue weighted by atomic mass is 10.0. The highest BCUT2D eigenvalue weighted by atomic mass is 16.5. The van der Waals surface area contributed by atoms with Gasteiger partial charge in [-0.05, 0) is 24.6 Å². The van der Waals surface area contributed by atoms with Gasteiger partial charge in [-0.2, -0.15) is 0 Å². The van der Waals surface area contributed by atoms with Gasteiger partial charge in [0.25, 0.3) is 0 Å². The van der Waals surface area contributed by atoms with E-state index in [4.69, 9.17) is 10.5 Å². The van der Waals surface area contributed by atoms with Crippen LogP contribution in [0, 0.1) is 0 Å². The normalized spacial score (nSPS) is 15.1. The quantitative estimate of drug-likeness (QED) is 0.733. The van der Waals surface area contributed by atoms with Gasteiger partial charge in [0.2, 0.25) is 0 Å². The Balaban J connectivity index is 2.88. The number of aliphatic hydroxyl groups is 1. The lowest BCUT2D eigenvalue weighted by Gasteiger charge is -2.15. The van der Waals surface area contributed by atoms with Gasteiger partial charge >= 0.3 is 0 Å². The van der Waals surface area contributed by atoms with E-state index in [-0.39, 0.29) is 6.04 Å². The summed E-state index contributed by atoms with van der Waals surface area (Å²) in [5.41, 5.74) is 6.64. The molecule has 1 aromatic carbocycles. The topological polar surface area (TPSA) is 55.5 Å². The molecule has 0 aliphatic rings. The third-order valence-corrected chi connectivity index (χ3v) is 2.00. The first-order chi connectivity index (χ1) is 6.15. The molecule has 13 heavy (non-hydrogen) atoms. The third-order valence-electron chi connectivity index (χ3n) is 2.00. The fraction of sp³-hybridized carbons (Fsp3) is 0.400. The third kappa shape index (κ3) is 2.44. The molecule has 0 bridgehead atoms. The second-order valence-electron chi connectivity index (χ2n) is 3.04. The Hall–Kier alpha value is -1.06. The van der Waals surface area contributed by atoms with Crippen LogP contribution in [0.3, 0.4) is 0 Å². The summed E-state index contributed by atoms with van der Waals surface area (Å²) < 4.78 is 5.05. The average Bonchev–Trinajstić information content (AvgIpc) is 2.16. The van der Waals surface area contributed by atoms with Crippen molar-refractivity contribution in [3.63, 3.8) is 0 Å². The van der Waals surface area contributed by atoms with Gasteiger partial charge in [0.05, 0.1) is 19.3 Å². The van der Waals surface area contributed by atoms with Crippen molar-refractivity contribution in [2.75, 3.05) is 7.11 Å². The Morgan fingerprint density at radius 3 is 2.69 bits per heavy atom. The average molecular weight is 181 g/mol. The lowest BCUT2D eigenvalue weighted by Crippen LogP contribution is -2.22. The van der Waals surface area contributed by atoms with Gasteiger partial charge in [0.15, 0.2) is 0 Å². The molecule has 0 amide bonds. The Bertz CT molecular complexity index is 273. The van der Waals surface area contributed by atoms with Gasteiger partial charge in [-0.1, -0.05) is 12.1 Å². The molecule has 3 heteroatoms. The smallest absolute Gasteiger partial charge is 0.119 e. The van der Waals surface area contributed by atoms with Crippen molar-refractivity contribution in [3.05, 3.63) is 29.8 Å². The van der Waals surface area contributed by atoms with Crippen LogP contribution in [0.2, 0.25) is 0 Å². The van der Waals surface area contributed by atoms with E-state index in [1.54, 1.807) is 14.0 Å². The molecule has 1 rings (SSSR count). The maximum Gasteiger partial charge on any atom is 0.119 e. The van der Waals surface area contributed by atoms with Crippen molar-refractivity contribution in [1.29, 1.82) is 0 Å². The van der Waals surface area contributed by atoms with E-state index in [1.165, 1.54) is 0 Å².